The Hall–Kier alpha value is -1.13. The van der Waals surface area contributed by atoms with Crippen LogP contribution in [0, 0.1) is 11.7 Å². The van der Waals surface area contributed by atoms with E-state index in [2.05, 4.69) is 24.1 Å². The Balaban J connectivity index is 1.77. The van der Waals surface area contributed by atoms with Crippen LogP contribution < -0.4 is 10.2 Å². The first kappa shape index (κ1) is 17.2. The topological polar surface area (TPSA) is 24.5 Å². The van der Waals surface area contributed by atoms with Crippen molar-refractivity contribution >= 4 is 5.69 Å². The number of benzene rings is 1. The summed E-state index contributed by atoms with van der Waals surface area (Å²) in [5.41, 5.74) is 1.86. The molecular formula is C18H29FN2O. The Morgan fingerprint density at radius 2 is 2.05 bits per heavy atom. The van der Waals surface area contributed by atoms with E-state index in [1.165, 1.54) is 12.8 Å². The number of hydrogen-bond donors (Lipinski definition) is 1. The van der Waals surface area contributed by atoms with Gasteiger partial charge >= 0.3 is 0 Å². The quantitative estimate of drug-likeness (QED) is 0.706. The zero-order chi connectivity index (χ0) is 15.8. The summed E-state index contributed by atoms with van der Waals surface area (Å²) in [4.78, 5) is 2.30. The molecule has 2 rings (SSSR count). The van der Waals surface area contributed by atoms with Crippen LogP contribution >= 0.6 is 0 Å². The molecule has 4 heteroatoms. The summed E-state index contributed by atoms with van der Waals surface area (Å²) in [5, 5.41) is 3.35. The summed E-state index contributed by atoms with van der Waals surface area (Å²) in [7, 11) is 0. The van der Waals surface area contributed by atoms with Gasteiger partial charge < -0.3 is 15.0 Å². The van der Waals surface area contributed by atoms with Crippen molar-refractivity contribution in [1.29, 1.82) is 0 Å². The molecule has 1 aliphatic rings. The fraction of sp³-hybridized carbons (Fsp3) is 0.667. The molecule has 0 atom stereocenters. The molecule has 0 aliphatic carbocycles. The third-order valence-electron chi connectivity index (χ3n) is 3.94. The number of halogens is 1. The van der Waals surface area contributed by atoms with Crippen LogP contribution in [0.4, 0.5) is 10.1 Å². The van der Waals surface area contributed by atoms with E-state index in [0.717, 1.165) is 50.5 Å². The van der Waals surface area contributed by atoms with Crippen molar-refractivity contribution in [2.24, 2.45) is 5.92 Å². The van der Waals surface area contributed by atoms with Crippen LogP contribution in [0.1, 0.15) is 38.7 Å². The first-order valence-electron chi connectivity index (χ1n) is 8.49. The highest BCUT2D eigenvalue weighted by Crippen LogP contribution is 2.26. The molecule has 0 amide bonds. The van der Waals surface area contributed by atoms with Gasteiger partial charge in [-0.2, -0.15) is 0 Å². The maximum Gasteiger partial charge on any atom is 0.129 e. The summed E-state index contributed by atoms with van der Waals surface area (Å²) in [5.74, 6) is 0.474. The van der Waals surface area contributed by atoms with Gasteiger partial charge in [0.05, 0.1) is 0 Å². The van der Waals surface area contributed by atoms with E-state index in [9.17, 15) is 4.39 Å². The number of ether oxygens (including phenoxy) is 1. The molecule has 0 unspecified atom stereocenters. The molecule has 1 aromatic rings. The lowest BCUT2D eigenvalue weighted by atomic mass is 10.1. The molecule has 0 radical (unpaired) electrons. The molecule has 1 heterocycles. The summed E-state index contributed by atoms with van der Waals surface area (Å²) >= 11 is 0. The minimum absolute atomic E-state index is 0.104. The average molecular weight is 308 g/mol. The average Bonchev–Trinajstić information content (AvgIpc) is 3.01. The van der Waals surface area contributed by atoms with Gasteiger partial charge in [0.2, 0.25) is 0 Å². The Bertz CT molecular complexity index is 445. The monoisotopic (exact) mass is 308 g/mol. The van der Waals surface area contributed by atoms with Crippen LogP contribution in [0.3, 0.4) is 0 Å². The fourth-order valence-corrected chi connectivity index (χ4v) is 2.81. The van der Waals surface area contributed by atoms with Gasteiger partial charge in [0, 0.05) is 44.1 Å². The van der Waals surface area contributed by atoms with E-state index >= 15 is 0 Å². The van der Waals surface area contributed by atoms with Crippen molar-refractivity contribution in [3.05, 3.63) is 29.6 Å². The van der Waals surface area contributed by atoms with Crippen LogP contribution in [0.2, 0.25) is 0 Å². The molecule has 124 valence electrons. The molecule has 1 aliphatic heterocycles. The second kappa shape index (κ2) is 9.11. The van der Waals surface area contributed by atoms with E-state index < -0.39 is 0 Å². The third-order valence-corrected chi connectivity index (χ3v) is 3.94. The highest BCUT2D eigenvalue weighted by Gasteiger charge is 2.17. The normalized spacial score (nSPS) is 15.0. The summed E-state index contributed by atoms with van der Waals surface area (Å²) in [6.07, 6.45) is 3.37. The van der Waals surface area contributed by atoms with Gasteiger partial charge in [-0.15, -0.1) is 0 Å². The van der Waals surface area contributed by atoms with Crippen LogP contribution in [0.25, 0.3) is 0 Å². The van der Waals surface area contributed by atoms with Gasteiger partial charge in [0.1, 0.15) is 5.82 Å². The van der Waals surface area contributed by atoms with E-state index in [1.54, 1.807) is 6.07 Å². The lowest BCUT2D eigenvalue weighted by Gasteiger charge is -2.22. The molecule has 1 N–H and O–H groups in total. The lowest BCUT2D eigenvalue weighted by Crippen LogP contribution is -2.23. The van der Waals surface area contributed by atoms with Gasteiger partial charge in [-0.25, -0.2) is 4.39 Å². The molecule has 0 aromatic heterocycles. The first-order valence-corrected chi connectivity index (χ1v) is 8.49. The molecule has 0 bridgehead atoms. The maximum absolute atomic E-state index is 14.1. The van der Waals surface area contributed by atoms with Crippen molar-refractivity contribution in [3.63, 3.8) is 0 Å². The molecule has 3 nitrogen and oxygen atoms in total. The predicted molar refractivity (Wildman–Crippen MR) is 89.8 cm³/mol. The van der Waals surface area contributed by atoms with Crippen molar-refractivity contribution < 1.29 is 9.13 Å². The number of hydrogen-bond acceptors (Lipinski definition) is 3. The Morgan fingerprint density at radius 1 is 1.27 bits per heavy atom. The highest BCUT2D eigenvalue weighted by molar-refractivity contribution is 5.54. The molecule has 22 heavy (non-hydrogen) atoms. The molecular weight excluding hydrogens is 279 g/mol. The first-order chi connectivity index (χ1) is 10.7. The second-order valence-electron chi connectivity index (χ2n) is 6.43. The van der Waals surface area contributed by atoms with Crippen LogP contribution in [-0.4, -0.2) is 32.8 Å². The van der Waals surface area contributed by atoms with Gasteiger partial charge in [-0.3, -0.25) is 0 Å². The SMILES string of the molecule is CC(C)COCCCNCc1c(F)cccc1N1CCCC1. The standard InChI is InChI=1S/C18H29FN2O/c1-15(2)14-22-12-6-9-20-13-16-17(19)7-5-8-18(16)21-10-3-4-11-21/h5,7-8,15,20H,3-4,6,9-14H2,1-2H3. The predicted octanol–water partition coefficient (Wildman–Crippen LogP) is 3.58. The Kier molecular flexibility index (Phi) is 7.13. The number of nitrogens with one attached hydrogen (secondary N) is 1. The zero-order valence-electron chi connectivity index (χ0n) is 13.9. The molecule has 1 aromatic carbocycles. The van der Waals surface area contributed by atoms with Crippen LogP contribution in [-0.2, 0) is 11.3 Å². The Morgan fingerprint density at radius 3 is 2.77 bits per heavy atom. The second-order valence-corrected chi connectivity index (χ2v) is 6.43. The summed E-state index contributed by atoms with van der Waals surface area (Å²) in [6, 6.07) is 5.41. The van der Waals surface area contributed by atoms with E-state index in [0.29, 0.717) is 12.5 Å². The highest BCUT2D eigenvalue weighted by atomic mass is 19.1. The van der Waals surface area contributed by atoms with Crippen molar-refractivity contribution in [3.8, 4) is 0 Å². The van der Waals surface area contributed by atoms with E-state index in [4.69, 9.17) is 4.74 Å². The lowest BCUT2D eigenvalue weighted by molar-refractivity contribution is 0.108. The van der Waals surface area contributed by atoms with E-state index in [1.807, 2.05) is 12.1 Å². The minimum Gasteiger partial charge on any atom is -0.381 e. The number of nitrogens with zero attached hydrogens (tertiary/aromatic N) is 1. The molecule has 0 saturated carbocycles. The summed E-state index contributed by atoms with van der Waals surface area (Å²) in [6.45, 7) is 9.40. The molecule has 1 saturated heterocycles. The zero-order valence-corrected chi connectivity index (χ0v) is 13.9. The Labute approximate surface area is 133 Å². The van der Waals surface area contributed by atoms with E-state index in [-0.39, 0.29) is 5.82 Å². The minimum atomic E-state index is -0.104. The van der Waals surface area contributed by atoms with Crippen molar-refractivity contribution in [1.82, 2.24) is 5.32 Å². The smallest absolute Gasteiger partial charge is 0.129 e. The fourth-order valence-electron chi connectivity index (χ4n) is 2.81. The van der Waals surface area contributed by atoms with Gasteiger partial charge in [-0.1, -0.05) is 19.9 Å². The number of anilines is 1. The third kappa shape index (κ3) is 5.25. The van der Waals surface area contributed by atoms with Gasteiger partial charge in [0.15, 0.2) is 0 Å². The van der Waals surface area contributed by atoms with Crippen LogP contribution in [0.15, 0.2) is 18.2 Å². The van der Waals surface area contributed by atoms with Gasteiger partial charge in [-0.05, 0) is 43.9 Å². The van der Waals surface area contributed by atoms with Gasteiger partial charge in [0.25, 0.3) is 0 Å². The van der Waals surface area contributed by atoms with Crippen molar-refractivity contribution in [2.45, 2.75) is 39.7 Å². The maximum atomic E-state index is 14.1. The summed E-state index contributed by atoms with van der Waals surface area (Å²) < 4.78 is 19.7. The van der Waals surface area contributed by atoms with Crippen molar-refractivity contribution in [2.75, 3.05) is 37.7 Å². The largest absolute Gasteiger partial charge is 0.381 e. The molecule has 0 spiro atoms. The van der Waals surface area contributed by atoms with Crippen LogP contribution in [0.5, 0.6) is 0 Å². The number of rotatable bonds is 9. The molecule has 1 fully saturated rings.